The smallest absolute Gasteiger partial charge is 0.289 e. The van der Waals surface area contributed by atoms with Gasteiger partial charge in [-0.2, -0.15) is 5.10 Å². The Bertz CT molecular complexity index is 3030. The maximum absolute atomic E-state index is 13.8. The van der Waals surface area contributed by atoms with Gasteiger partial charge >= 0.3 is 0 Å². The molecule has 1 aliphatic carbocycles. The molecular weight excluding hydrogens is 843 g/mol. The summed E-state index contributed by atoms with van der Waals surface area (Å²) < 4.78 is 15.4. The average molecular weight is 894 g/mol. The fourth-order valence-corrected chi connectivity index (χ4v) is 9.17. The molecule has 1 unspecified atom stereocenters. The molecule has 7 heterocycles. The van der Waals surface area contributed by atoms with E-state index in [0.717, 1.165) is 82.0 Å². The number of hydrogen-bond acceptors (Lipinski definition) is 13. The molecule has 1 saturated heterocycles. The lowest BCUT2D eigenvalue weighted by Crippen LogP contribution is -2.52. The number of methoxy groups -OCH3 is 1. The fraction of sp³-hybridized carbons (Fsp3) is 0.383. The number of carbonyl (C=O) groups excluding carboxylic acids is 4. The van der Waals surface area contributed by atoms with Gasteiger partial charge in [-0.3, -0.25) is 24.5 Å². The van der Waals surface area contributed by atoms with E-state index in [1.165, 1.54) is 0 Å². The first-order chi connectivity index (χ1) is 32.1. The van der Waals surface area contributed by atoms with Crippen molar-refractivity contribution < 1.29 is 28.4 Å². The molecule has 2 fully saturated rings. The number of fused-ring (bicyclic) bond motifs is 4. The van der Waals surface area contributed by atoms with Gasteiger partial charge in [0.15, 0.2) is 0 Å². The standard InChI is InChI=1S/C47H51N13O6/c1-5-60-38(21-34(56-60)27-12-13-27)52-43-41-30-20-37(65-4)31(40-25(2)57-66-26(40)3)19-35(30)51-42(41)54-44(55-43)46(63)49-16-7-9-28-22-58(24-50-28)18-8-17-48-33-11-6-10-29-32(33)23-59(47(29)64)36-14-15-39(61)53-45(36)62/h6,10-11,19-22,24,27,36,48H,5,7-9,12-18,23H2,1-4H3,(H,49,63)(H,53,61,62)(H2,51,52,54,55). The average Bonchev–Trinajstić information content (AvgIpc) is 3.56. The van der Waals surface area contributed by atoms with E-state index in [1.807, 2.05) is 66.8 Å². The van der Waals surface area contributed by atoms with Gasteiger partial charge in [-0.15, -0.1) is 0 Å². The number of nitrogens with one attached hydrogen (secondary N) is 5. The lowest BCUT2D eigenvalue weighted by Gasteiger charge is -2.29. The second kappa shape index (κ2) is 17.4. The summed E-state index contributed by atoms with van der Waals surface area (Å²) >= 11 is 0. The third kappa shape index (κ3) is 8.09. The maximum atomic E-state index is 13.8. The number of rotatable bonds is 17. The molecule has 4 amide bonds. The third-order valence-electron chi connectivity index (χ3n) is 12.7. The number of imide groups is 1. The van der Waals surface area contributed by atoms with Crippen molar-refractivity contribution in [3.63, 3.8) is 0 Å². The Morgan fingerprint density at radius 3 is 2.67 bits per heavy atom. The first-order valence-corrected chi connectivity index (χ1v) is 22.6. The highest BCUT2D eigenvalue weighted by molar-refractivity contribution is 6.14. The summed E-state index contributed by atoms with van der Waals surface area (Å²) in [5, 5.41) is 22.9. The van der Waals surface area contributed by atoms with Crippen LogP contribution in [0.25, 0.3) is 33.1 Å². The molecule has 2 aliphatic heterocycles. The van der Waals surface area contributed by atoms with Crippen LogP contribution in [0.4, 0.5) is 17.3 Å². The van der Waals surface area contributed by atoms with Crippen molar-refractivity contribution >= 4 is 62.9 Å². The number of piperidine rings is 1. The van der Waals surface area contributed by atoms with Crippen molar-refractivity contribution in [2.75, 3.05) is 30.8 Å². The van der Waals surface area contributed by atoms with Gasteiger partial charge in [0.2, 0.25) is 17.6 Å². The molecule has 1 saturated carbocycles. The van der Waals surface area contributed by atoms with Crippen molar-refractivity contribution in [3.05, 3.63) is 88.7 Å². The lowest BCUT2D eigenvalue weighted by molar-refractivity contribution is -0.136. The van der Waals surface area contributed by atoms with Crippen LogP contribution in [0, 0.1) is 13.8 Å². The lowest BCUT2D eigenvalue weighted by atomic mass is 10.0. The number of imidazole rings is 1. The SMILES string of the molecule is CCn1nc(C2CC2)cc1Nc1nc(C(=O)NCCCc2cn(CCCNc3cccc4c3CN(C3CCC(=O)NC3=O)C4=O)cn2)nc2[nH]c3cc(-c4c(C)noc4C)c(OC)cc3c12. The highest BCUT2D eigenvalue weighted by atomic mass is 16.5. The van der Waals surface area contributed by atoms with Gasteiger partial charge in [-0.05, 0) is 83.6 Å². The Morgan fingerprint density at radius 1 is 1.03 bits per heavy atom. The van der Waals surface area contributed by atoms with Crippen LogP contribution in [0.3, 0.4) is 0 Å². The van der Waals surface area contributed by atoms with Crippen LogP contribution < -0.4 is 26.0 Å². The molecule has 7 aromatic rings. The summed E-state index contributed by atoms with van der Waals surface area (Å²) in [6.07, 6.45) is 8.73. The van der Waals surface area contributed by atoms with Crippen LogP contribution in [-0.2, 0) is 35.6 Å². The molecule has 0 radical (unpaired) electrons. The Balaban J connectivity index is 0.783. The van der Waals surface area contributed by atoms with Crippen molar-refractivity contribution in [1.82, 2.24) is 55.0 Å². The predicted molar refractivity (Wildman–Crippen MR) is 245 cm³/mol. The summed E-state index contributed by atoms with van der Waals surface area (Å²) in [4.78, 5) is 70.4. The van der Waals surface area contributed by atoms with E-state index in [-0.39, 0.29) is 24.1 Å². The number of nitrogens with zero attached hydrogens (tertiary/aromatic N) is 8. The molecule has 5 N–H and O–H groups in total. The van der Waals surface area contributed by atoms with Gasteiger partial charge in [0.05, 0.1) is 41.5 Å². The molecule has 19 heteroatoms. The number of ether oxygens (including phenoxy) is 1. The first kappa shape index (κ1) is 42.4. The zero-order valence-corrected chi connectivity index (χ0v) is 37.3. The van der Waals surface area contributed by atoms with Gasteiger partial charge in [0.1, 0.15) is 34.8 Å². The van der Waals surface area contributed by atoms with Gasteiger partial charge in [-0.25, -0.2) is 19.6 Å². The van der Waals surface area contributed by atoms with E-state index in [2.05, 4.69) is 42.5 Å². The number of anilines is 3. The van der Waals surface area contributed by atoms with Crippen molar-refractivity contribution in [2.45, 2.75) is 97.3 Å². The van der Waals surface area contributed by atoms with Gasteiger partial charge < -0.3 is 39.7 Å². The maximum Gasteiger partial charge on any atom is 0.289 e. The number of H-pyrrole nitrogens is 1. The molecule has 5 aromatic heterocycles. The third-order valence-corrected chi connectivity index (χ3v) is 12.7. The summed E-state index contributed by atoms with van der Waals surface area (Å²) in [6.45, 7) is 8.56. The minimum atomic E-state index is -0.654. The number of carbonyl (C=O) groups is 4. The zero-order chi connectivity index (χ0) is 45.6. The molecule has 66 heavy (non-hydrogen) atoms. The summed E-state index contributed by atoms with van der Waals surface area (Å²) in [5.41, 5.74) is 7.95. The molecule has 10 rings (SSSR count). The Morgan fingerprint density at radius 2 is 1.89 bits per heavy atom. The number of aromatic nitrogens is 8. The number of aromatic amines is 1. The van der Waals surface area contributed by atoms with E-state index in [0.29, 0.717) is 85.3 Å². The summed E-state index contributed by atoms with van der Waals surface area (Å²) in [7, 11) is 1.63. The highest BCUT2D eigenvalue weighted by Gasteiger charge is 2.40. The van der Waals surface area contributed by atoms with Crippen LogP contribution in [0.15, 0.2) is 53.4 Å². The van der Waals surface area contributed by atoms with Crippen LogP contribution >= 0.6 is 0 Å². The van der Waals surface area contributed by atoms with E-state index in [9.17, 15) is 19.2 Å². The highest BCUT2D eigenvalue weighted by Crippen LogP contribution is 2.43. The molecule has 0 bridgehead atoms. The van der Waals surface area contributed by atoms with Crippen LogP contribution in [0.1, 0.15) is 101 Å². The minimum Gasteiger partial charge on any atom is -0.496 e. The van der Waals surface area contributed by atoms with Gasteiger partial charge in [0, 0.05) is 90.6 Å². The fourth-order valence-electron chi connectivity index (χ4n) is 9.17. The second-order valence-electron chi connectivity index (χ2n) is 17.2. The van der Waals surface area contributed by atoms with Crippen molar-refractivity contribution in [2.24, 2.45) is 0 Å². The van der Waals surface area contributed by atoms with Crippen molar-refractivity contribution in [3.8, 4) is 16.9 Å². The number of hydrogen-bond donors (Lipinski definition) is 5. The van der Waals surface area contributed by atoms with E-state index in [1.54, 1.807) is 18.1 Å². The number of aryl methyl sites for hydroxylation is 5. The Hall–Kier alpha value is -7.57. The first-order valence-electron chi connectivity index (χ1n) is 22.6. The quantitative estimate of drug-likeness (QED) is 0.0518. The van der Waals surface area contributed by atoms with Gasteiger partial charge in [-0.1, -0.05) is 11.2 Å². The van der Waals surface area contributed by atoms with Crippen LogP contribution in [0.2, 0.25) is 0 Å². The molecule has 2 aromatic carbocycles. The normalized spacial score (nSPS) is 16.0. The summed E-state index contributed by atoms with van der Waals surface area (Å²) in [6, 6.07) is 10.9. The summed E-state index contributed by atoms with van der Waals surface area (Å²) in [5.74, 6) is 1.73. The van der Waals surface area contributed by atoms with Crippen molar-refractivity contribution in [1.29, 1.82) is 0 Å². The van der Waals surface area contributed by atoms with Crippen LogP contribution in [0.5, 0.6) is 5.75 Å². The number of amides is 4. The zero-order valence-electron chi connectivity index (χ0n) is 37.3. The largest absolute Gasteiger partial charge is 0.496 e. The topological polar surface area (TPSA) is 232 Å². The number of benzene rings is 2. The minimum absolute atomic E-state index is 0.0241. The Kier molecular flexibility index (Phi) is 11.2. The molecule has 3 aliphatic rings. The predicted octanol–water partition coefficient (Wildman–Crippen LogP) is 6.05. The molecular formula is C47H51N13O6. The van der Waals surface area contributed by atoms with Crippen LogP contribution in [-0.4, -0.2) is 94.2 Å². The molecule has 340 valence electrons. The van der Waals surface area contributed by atoms with Gasteiger partial charge in [0.25, 0.3) is 11.8 Å². The second-order valence-corrected chi connectivity index (χ2v) is 17.2. The van der Waals surface area contributed by atoms with E-state index < -0.39 is 17.9 Å². The molecule has 0 spiro atoms. The Labute approximate surface area is 379 Å². The van der Waals surface area contributed by atoms with E-state index >= 15 is 0 Å². The molecule has 1 atom stereocenters. The molecule has 19 nitrogen and oxygen atoms in total. The monoisotopic (exact) mass is 893 g/mol. The van der Waals surface area contributed by atoms with E-state index in [4.69, 9.17) is 24.3 Å².